The van der Waals surface area contributed by atoms with Crippen LogP contribution < -0.4 is 0 Å². The van der Waals surface area contributed by atoms with Crippen LogP contribution in [-0.2, 0) is 4.79 Å². The average Bonchev–Trinajstić information content (AvgIpc) is 2.68. The molecule has 2 unspecified atom stereocenters. The van der Waals surface area contributed by atoms with Crippen molar-refractivity contribution in [1.29, 1.82) is 0 Å². The van der Waals surface area contributed by atoms with Gasteiger partial charge in [-0.15, -0.1) is 0 Å². The number of hydrogen-bond donors (Lipinski definition) is 0. The first-order valence-corrected chi connectivity index (χ1v) is 9.86. The fraction of sp³-hybridized carbons (Fsp3) is 0.947. The third-order valence-corrected chi connectivity index (χ3v) is 6.15. The van der Waals surface area contributed by atoms with Crippen molar-refractivity contribution in [1.82, 2.24) is 0 Å². The minimum Gasteiger partial charge on any atom is -0.281 e. The molecule has 21 heavy (non-hydrogen) atoms. The molecule has 2 atom stereocenters. The van der Waals surface area contributed by atoms with Crippen LogP contribution in [0.15, 0.2) is 0 Å². The van der Waals surface area contributed by atoms with E-state index in [-0.39, 0.29) is 11.2 Å². The molecule has 2 fully saturated rings. The van der Waals surface area contributed by atoms with Crippen LogP contribution in [-0.4, -0.2) is 5.24 Å². The summed E-state index contributed by atoms with van der Waals surface area (Å²) in [6, 6.07) is 0. The van der Waals surface area contributed by atoms with Crippen molar-refractivity contribution >= 4 is 16.8 Å². The van der Waals surface area contributed by atoms with Crippen LogP contribution in [0.5, 0.6) is 0 Å². The predicted octanol–water partition coefficient (Wildman–Crippen LogP) is 6.48. The van der Waals surface area contributed by atoms with Crippen molar-refractivity contribution in [3.63, 3.8) is 0 Å². The maximum Gasteiger partial charge on any atom is 0.225 e. The van der Waals surface area contributed by atoms with Crippen molar-refractivity contribution in [2.24, 2.45) is 17.8 Å². The molecule has 2 heteroatoms. The molecule has 0 heterocycles. The molecule has 0 amide bonds. The van der Waals surface area contributed by atoms with Gasteiger partial charge in [0.05, 0.1) is 0 Å². The molecular formula is C19H33ClO. The summed E-state index contributed by atoms with van der Waals surface area (Å²) in [5.74, 6) is 1.48. The lowest BCUT2D eigenvalue weighted by Crippen LogP contribution is -2.28. The number of hydrogen-bond acceptors (Lipinski definition) is 1. The van der Waals surface area contributed by atoms with Crippen LogP contribution in [0, 0.1) is 17.8 Å². The summed E-state index contributed by atoms with van der Waals surface area (Å²) >= 11 is 6.02. The number of carbonyl (C=O) groups excluding carboxylic acids is 1. The van der Waals surface area contributed by atoms with Crippen LogP contribution in [0.4, 0.5) is 0 Å². The quantitative estimate of drug-likeness (QED) is 0.533. The zero-order valence-corrected chi connectivity index (χ0v) is 14.4. The Balaban J connectivity index is 2.05. The fourth-order valence-corrected chi connectivity index (χ4v) is 4.90. The normalized spacial score (nSPS) is 31.1. The Hall–Kier alpha value is -0.0400. The fourth-order valence-electron chi connectivity index (χ4n) is 4.63. The van der Waals surface area contributed by atoms with Crippen molar-refractivity contribution in [3.05, 3.63) is 0 Å². The van der Waals surface area contributed by atoms with Gasteiger partial charge in [-0.25, -0.2) is 0 Å². The van der Waals surface area contributed by atoms with E-state index in [1.54, 1.807) is 0 Å². The molecule has 0 aromatic heterocycles. The lowest BCUT2D eigenvalue weighted by Gasteiger charge is -2.32. The first kappa shape index (κ1) is 17.3. The molecule has 2 aliphatic carbocycles. The highest BCUT2D eigenvalue weighted by atomic mass is 35.5. The SMILES string of the molecule is O=C(Cl)C1CCCCCCCC1C1CCCCCCCC1. The number of carbonyl (C=O) groups is 1. The Morgan fingerprint density at radius 2 is 1.05 bits per heavy atom. The maximum absolute atomic E-state index is 12.0. The topological polar surface area (TPSA) is 17.1 Å². The van der Waals surface area contributed by atoms with Crippen molar-refractivity contribution in [2.45, 2.75) is 96.3 Å². The van der Waals surface area contributed by atoms with Gasteiger partial charge in [-0.05, 0) is 36.3 Å². The van der Waals surface area contributed by atoms with Gasteiger partial charge in [0.25, 0.3) is 0 Å². The van der Waals surface area contributed by atoms with E-state index in [1.165, 1.54) is 89.9 Å². The highest BCUT2D eigenvalue weighted by Gasteiger charge is 2.32. The van der Waals surface area contributed by atoms with Crippen molar-refractivity contribution < 1.29 is 4.79 Å². The van der Waals surface area contributed by atoms with Gasteiger partial charge < -0.3 is 0 Å². The van der Waals surface area contributed by atoms with Gasteiger partial charge >= 0.3 is 0 Å². The van der Waals surface area contributed by atoms with E-state index < -0.39 is 0 Å². The smallest absolute Gasteiger partial charge is 0.225 e. The number of rotatable bonds is 2. The second-order valence-electron chi connectivity index (χ2n) is 7.38. The Kier molecular flexibility index (Phi) is 8.14. The van der Waals surface area contributed by atoms with Gasteiger partial charge in [0.15, 0.2) is 0 Å². The standard InChI is InChI=1S/C19H33ClO/c20-19(21)18-15-11-7-3-6-10-14-17(18)16-12-8-4-1-2-5-9-13-16/h16-18H,1-15H2. The molecule has 0 saturated heterocycles. The second-order valence-corrected chi connectivity index (χ2v) is 7.75. The van der Waals surface area contributed by atoms with Crippen molar-refractivity contribution in [2.75, 3.05) is 0 Å². The van der Waals surface area contributed by atoms with Crippen LogP contribution in [0.3, 0.4) is 0 Å². The van der Waals surface area contributed by atoms with Gasteiger partial charge in [-0.2, -0.15) is 0 Å². The van der Waals surface area contributed by atoms with E-state index in [1.807, 2.05) is 0 Å². The summed E-state index contributed by atoms with van der Waals surface area (Å²) in [5.41, 5.74) is 0. The second kappa shape index (κ2) is 9.87. The third kappa shape index (κ3) is 5.93. The largest absolute Gasteiger partial charge is 0.281 e. The molecule has 0 radical (unpaired) electrons. The maximum atomic E-state index is 12.0. The summed E-state index contributed by atoms with van der Waals surface area (Å²) in [6.07, 6.45) is 19.8. The van der Waals surface area contributed by atoms with E-state index in [4.69, 9.17) is 11.6 Å². The van der Waals surface area contributed by atoms with Crippen LogP contribution in [0.2, 0.25) is 0 Å². The Morgan fingerprint density at radius 3 is 1.57 bits per heavy atom. The summed E-state index contributed by atoms with van der Waals surface area (Å²) in [5, 5.41) is -0.0400. The molecule has 2 saturated carbocycles. The summed E-state index contributed by atoms with van der Waals surface area (Å²) in [4.78, 5) is 12.0. The minimum absolute atomic E-state index is 0.0400. The molecule has 122 valence electrons. The zero-order chi connectivity index (χ0) is 14.9. The summed E-state index contributed by atoms with van der Waals surface area (Å²) in [7, 11) is 0. The Morgan fingerprint density at radius 1 is 0.619 bits per heavy atom. The first-order valence-electron chi connectivity index (χ1n) is 9.48. The van der Waals surface area contributed by atoms with E-state index in [0.717, 1.165) is 12.3 Å². The molecule has 2 aliphatic rings. The first-order chi connectivity index (χ1) is 10.3. The highest BCUT2D eigenvalue weighted by Crippen LogP contribution is 2.39. The average molecular weight is 313 g/mol. The van der Waals surface area contributed by atoms with Crippen LogP contribution in [0.1, 0.15) is 96.3 Å². The minimum atomic E-state index is -0.0400. The zero-order valence-electron chi connectivity index (χ0n) is 13.6. The molecular weight excluding hydrogens is 280 g/mol. The van der Waals surface area contributed by atoms with E-state index in [2.05, 4.69) is 0 Å². The molecule has 2 rings (SSSR count). The molecule has 0 aromatic rings. The predicted molar refractivity (Wildman–Crippen MR) is 90.6 cm³/mol. The highest BCUT2D eigenvalue weighted by molar-refractivity contribution is 6.64. The van der Waals surface area contributed by atoms with Gasteiger partial charge in [-0.3, -0.25) is 4.79 Å². The van der Waals surface area contributed by atoms with Crippen LogP contribution in [0.25, 0.3) is 0 Å². The summed E-state index contributed by atoms with van der Waals surface area (Å²) in [6.45, 7) is 0. The van der Waals surface area contributed by atoms with E-state index >= 15 is 0 Å². The Bertz CT molecular complexity index is 292. The lowest BCUT2D eigenvalue weighted by molar-refractivity contribution is -0.117. The third-order valence-electron chi connectivity index (χ3n) is 5.87. The van der Waals surface area contributed by atoms with E-state index in [9.17, 15) is 4.79 Å². The van der Waals surface area contributed by atoms with Gasteiger partial charge in [0.2, 0.25) is 5.24 Å². The van der Waals surface area contributed by atoms with Gasteiger partial charge in [0, 0.05) is 5.92 Å². The molecule has 0 N–H and O–H groups in total. The van der Waals surface area contributed by atoms with Gasteiger partial charge in [0.1, 0.15) is 0 Å². The van der Waals surface area contributed by atoms with Crippen molar-refractivity contribution in [3.8, 4) is 0 Å². The van der Waals surface area contributed by atoms with Crippen LogP contribution >= 0.6 is 11.6 Å². The summed E-state index contributed by atoms with van der Waals surface area (Å²) < 4.78 is 0. The molecule has 0 aliphatic heterocycles. The Labute approximate surface area is 136 Å². The van der Waals surface area contributed by atoms with Gasteiger partial charge in [-0.1, -0.05) is 83.5 Å². The molecule has 0 spiro atoms. The molecule has 1 nitrogen and oxygen atoms in total. The monoisotopic (exact) mass is 312 g/mol. The number of halogens is 1. The molecule has 0 aromatic carbocycles. The lowest BCUT2D eigenvalue weighted by atomic mass is 9.73. The van der Waals surface area contributed by atoms with E-state index in [0.29, 0.717) is 5.92 Å². The molecule has 0 bridgehead atoms.